The summed E-state index contributed by atoms with van der Waals surface area (Å²) in [5.74, 6) is -0.382. The molecular weight excluding hydrogens is 304 g/mol. The lowest BCUT2D eigenvalue weighted by molar-refractivity contribution is -0.121. The normalized spacial score (nSPS) is 12.1. The van der Waals surface area contributed by atoms with Crippen LogP contribution in [0.15, 0.2) is 24.4 Å². The highest BCUT2D eigenvalue weighted by Gasteiger charge is 2.12. The van der Waals surface area contributed by atoms with E-state index in [1.165, 1.54) is 0 Å². The predicted molar refractivity (Wildman–Crippen MR) is 85.0 cm³/mol. The molecule has 2 aromatic rings. The maximum Gasteiger partial charge on any atom is 0.271 e. The molecular formula is C15H19ClN4O2. The van der Waals surface area contributed by atoms with Crippen LogP contribution in [0.5, 0.6) is 0 Å². The molecule has 0 saturated carbocycles. The van der Waals surface area contributed by atoms with Gasteiger partial charge in [-0.2, -0.15) is 5.10 Å². The number of amides is 2. The minimum atomic E-state index is -0.309. The molecule has 2 rings (SSSR count). The lowest BCUT2D eigenvalue weighted by atomic mass is 10.2. The first-order chi connectivity index (χ1) is 10.5. The number of carbonyl (C=O) groups excluding carboxylic acids is 2. The molecule has 1 atom stereocenters. The van der Waals surface area contributed by atoms with E-state index in [1.807, 2.05) is 13.8 Å². The van der Waals surface area contributed by atoms with Gasteiger partial charge in [-0.1, -0.05) is 18.5 Å². The lowest BCUT2D eigenvalue weighted by Gasteiger charge is -2.11. The fourth-order valence-electron chi connectivity index (χ4n) is 1.91. The largest absolute Gasteiger partial charge is 0.354 e. The highest BCUT2D eigenvalue weighted by molar-refractivity contribution is 6.30. The minimum Gasteiger partial charge on any atom is -0.354 e. The van der Waals surface area contributed by atoms with E-state index in [2.05, 4.69) is 15.7 Å². The van der Waals surface area contributed by atoms with Crippen molar-refractivity contribution in [2.75, 3.05) is 6.54 Å². The summed E-state index contributed by atoms with van der Waals surface area (Å²) in [6.45, 7) is 4.22. The number of carbonyl (C=O) groups is 2. The fourth-order valence-corrected chi connectivity index (χ4v) is 2.08. The number of halogens is 1. The fraction of sp³-hybridized carbons (Fsp3) is 0.400. The number of hydrogen-bond acceptors (Lipinski definition) is 3. The van der Waals surface area contributed by atoms with E-state index >= 15 is 0 Å². The van der Waals surface area contributed by atoms with Gasteiger partial charge in [0.25, 0.3) is 5.91 Å². The molecule has 0 aromatic carbocycles. The van der Waals surface area contributed by atoms with Crippen LogP contribution < -0.4 is 10.6 Å². The third-order valence-corrected chi connectivity index (χ3v) is 3.55. The van der Waals surface area contributed by atoms with Crippen molar-refractivity contribution in [3.63, 3.8) is 0 Å². The van der Waals surface area contributed by atoms with E-state index in [4.69, 9.17) is 11.6 Å². The van der Waals surface area contributed by atoms with Crippen LogP contribution in [0, 0.1) is 0 Å². The van der Waals surface area contributed by atoms with Crippen molar-refractivity contribution in [2.24, 2.45) is 0 Å². The van der Waals surface area contributed by atoms with Gasteiger partial charge in [0.15, 0.2) is 5.69 Å². The SMILES string of the molecule is CCC(C)NC(=O)CCNC(=O)c1cc2cc(Cl)ccn2n1. The Kier molecular flexibility index (Phi) is 5.38. The number of nitrogens with zero attached hydrogens (tertiary/aromatic N) is 2. The first kappa shape index (κ1) is 16.3. The Morgan fingerprint density at radius 3 is 2.91 bits per heavy atom. The standard InChI is InChI=1S/C15H19ClN4O2/c1-3-10(2)18-14(21)4-6-17-15(22)13-9-12-8-11(16)5-7-20(12)19-13/h5,7-10H,3-4,6H2,1-2H3,(H,17,22)(H,18,21). The molecule has 22 heavy (non-hydrogen) atoms. The molecule has 0 radical (unpaired) electrons. The molecule has 0 fully saturated rings. The first-order valence-electron chi connectivity index (χ1n) is 7.22. The van der Waals surface area contributed by atoms with Gasteiger partial charge in [-0.05, 0) is 31.5 Å². The monoisotopic (exact) mass is 322 g/mol. The Hall–Kier alpha value is -2.08. The van der Waals surface area contributed by atoms with E-state index < -0.39 is 0 Å². The predicted octanol–water partition coefficient (Wildman–Crippen LogP) is 2.02. The summed E-state index contributed by atoms with van der Waals surface area (Å²) in [6, 6.07) is 5.22. The van der Waals surface area contributed by atoms with Gasteiger partial charge in [0.05, 0.1) is 5.52 Å². The molecule has 0 spiro atoms. The summed E-state index contributed by atoms with van der Waals surface area (Å²) in [6.07, 6.45) is 2.81. The van der Waals surface area contributed by atoms with Gasteiger partial charge in [-0.3, -0.25) is 9.59 Å². The second-order valence-electron chi connectivity index (χ2n) is 5.13. The van der Waals surface area contributed by atoms with Gasteiger partial charge in [0.1, 0.15) is 0 Å². The molecule has 0 bridgehead atoms. The van der Waals surface area contributed by atoms with E-state index in [-0.39, 0.29) is 30.8 Å². The van der Waals surface area contributed by atoms with Crippen LogP contribution in [0.25, 0.3) is 5.52 Å². The molecule has 0 aliphatic rings. The first-order valence-corrected chi connectivity index (χ1v) is 7.60. The molecule has 2 heterocycles. The van der Waals surface area contributed by atoms with E-state index in [0.717, 1.165) is 11.9 Å². The highest BCUT2D eigenvalue weighted by atomic mass is 35.5. The number of nitrogens with one attached hydrogen (secondary N) is 2. The Labute approximate surface area is 133 Å². The molecule has 2 N–H and O–H groups in total. The Morgan fingerprint density at radius 2 is 2.18 bits per heavy atom. The molecule has 2 aromatic heterocycles. The molecule has 7 heteroatoms. The zero-order valence-electron chi connectivity index (χ0n) is 12.6. The van der Waals surface area contributed by atoms with Crippen molar-refractivity contribution >= 4 is 28.9 Å². The van der Waals surface area contributed by atoms with Crippen LogP contribution in [0.3, 0.4) is 0 Å². The van der Waals surface area contributed by atoms with Crippen molar-refractivity contribution in [1.82, 2.24) is 20.2 Å². The Morgan fingerprint density at radius 1 is 1.41 bits per heavy atom. The minimum absolute atomic E-state index is 0.0727. The van der Waals surface area contributed by atoms with Crippen LogP contribution >= 0.6 is 11.6 Å². The summed E-state index contributed by atoms with van der Waals surface area (Å²) >= 11 is 5.89. The Balaban J connectivity index is 1.87. The highest BCUT2D eigenvalue weighted by Crippen LogP contribution is 2.13. The number of rotatable bonds is 6. The van der Waals surface area contributed by atoms with Gasteiger partial charge in [-0.25, -0.2) is 4.52 Å². The van der Waals surface area contributed by atoms with Crippen molar-refractivity contribution in [1.29, 1.82) is 0 Å². The van der Waals surface area contributed by atoms with Crippen LogP contribution in [0.4, 0.5) is 0 Å². The summed E-state index contributed by atoms with van der Waals surface area (Å²) in [7, 11) is 0. The average molecular weight is 323 g/mol. The molecule has 0 aliphatic carbocycles. The third-order valence-electron chi connectivity index (χ3n) is 3.32. The van der Waals surface area contributed by atoms with Gasteiger partial charge in [-0.15, -0.1) is 0 Å². The van der Waals surface area contributed by atoms with Crippen LogP contribution in [0.2, 0.25) is 5.02 Å². The summed E-state index contributed by atoms with van der Waals surface area (Å²) in [4.78, 5) is 23.6. The van der Waals surface area contributed by atoms with E-state index in [1.54, 1.807) is 28.9 Å². The van der Waals surface area contributed by atoms with Crippen molar-refractivity contribution < 1.29 is 9.59 Å². The topological polar surface area (TPSA) is 75.5 Å². The zero-order chi connectivity index (χ0) is 16.1. The third kappa shape index (κ3) is 4.21. The molecule has 118 valence electrons. The lowest BCUT2D eigenvalue weighted by Crippen LogP contribution is -2.35. The number of fused-ring (bicyclic) bond motifs is 1. The molecule has 1 unspecified atom stereocenters. The smallest absolute Gasteiger partial charge is 0.271 e. The van der Waals surface area contributed by atoms with Crippen molar-refractivity contribution in [3.05, 3.63) is 35.1 Å². The maximum atomic E-state index is 12.0. The summed E-state index contributed by atoms with van der Waals surface area (Å²) in [5, 5.41) is 10.3. The maximum absolute atomic E-state index is 12.0. The van der Waals surface area contributed by atoms with Gasteiger partial charge >= 0.3 is 0 Å². The summed E-state index contributed by atoms with van der Waals surface area (Å²) in [5.41, 5.74) is 1.04. The van der Waals surface area contributed by atoms with Crippen LogP contribution in [-0.2, 0) is 4.79 Å². The van der Waals surface area contributed by atoms with Crippen LogP contribution in [-0.4, -0.2) is 34.0 Å². The second-order valence-corrected chi connectivity index (χ2v) is 5.56. The van der Waals surface area contributed by atoms with E-state index in [0.29, 0.717) is 10.7 Å². The number of aromatic nitrogens is 2. The molecule has 6 nitrogen and oxygen atoms in total. The second kappa shape index (κ2) is 7.26. The van der Waals surface area contributed by atoms with Crippen molar-refractivity contribution in [2.45, 2.75) is 32.7 Å². The van der Waals surface area contributed by atoms with Gasteiger partial charge in [0.2, 0.25) is 5.91 Å². The molecule has 0 saturated heterocycles. The number of hydrogen-bond donors (Lipinski definition) is 2. The van der Waals surface area contributed by atoms with Crippen LogP contribution in [0.1, 0.15) is 37.2 Å². The van der Waals surface area contributed by atoms with E-state index in [9.17, 15) is 9.59 Å². The zero-order valence-corrected chi connectivity index (χ0v) is 13.4. The number of pyridine rings is 1. The van der Waals surface area contributed by atoms with Gasteiger partial charge in [0, 0.05) is 30.2 Å². The average Bonchev–Trinajstić information content (AvgIpc) is 2.90. The van der Waals surface area contributed by atoms with Crippen molar-refractivity contribution in [3.8, 4) is 0 Å². The quantitative estimate of drug-likeness (QED) is 0.854. The van der Waals surface area contributed by atoms with Gasteiger partial charge < -0.3 is 10.6 Å². The molecule has 0 aliphatic heterocycles. The summed E-state index contributed by atoms with van der Waals surface area (Å²) < 4.78 is 1.58. The Bertz CT molecular complexity index is 683. The molecule has 2 amide bonds.